The number of rotatable bonds is 3. The van der Waals surface area contributed by atoms with Crippen LogP contribution in [-0.2, 0) is 0 Å². The summed E-state index contributed by atoms with van der Waals surface area (Å²) >= 11 is 6.51. The molecule has 0 bridgehead atoms. The molecule has 0 fully saturated rings. The Balaban J connectivity index is 2.43. The van der Waals surface area contributed by atoms with E-state index in [1.165, 1.54) is 13.2 Å². The molecule has 1 nitrogen and oxygen atoms in total. The lowest BCUT2D eigenvalue weighted by Gasteiger charge is -2.15. The fourth-order valence-electron chi connectivity index (χ4n) is 2.05. The summed E-state index contributed by atoms with van der Waals surface area (Å²) in [5, 5.41) is -0.311. The van der Waals surface area contributed by atoms with Gasteiger partial charge in [0.05, 0.1) is 12.5 Å². The fraction of sp³-hybridized carbons (Fsp3) is 0.250. The molecule has 0 heterocycles. The van der Waals surface area contributed by atoms with E-state index in [2.05, 4.69) is 6.07 Å². The van der Waals surface area contributed by atoms with Gasteiger partial charge in [-0.15, -0.1) is 11.6 Å². The third-order valence-electron chi connectivity index (χ3n) is 3.18. The van der Waals surface area contributed by atoms with Crippen molar-refractivity contribution in [2.75, 3.05) is 7.11 Å². The first-order valence-electron chi connectivity index (χ1n) is 6.07. The summed E-state index contributed by atoms with van der Waals surface area (Å²) in [6.07, 6.45) is 0. The minimum absolute atomic E-state index is 0.216. The first-order valence-corrected chi connectivity index (χ1v) is 6.51. The molecule has 2 aromatic rings. The number of ether oxygens (including phenoxy) is 1. The van der Waals surface area contributed by atoms with Crippen LogP contribution in [0, 0.1) is 19.7 Å². The third-order valence-corrected chi connectivity index (χ3v) is 3.66. The van der Waals surface area contributed by atoms with Crippen LogP contribution in [0.3, 0.4) is 0 Å². The summed E-state index contributed by atoms with van der Waals surface area (Å²) in [5.74, 6) is -0.162. The maximum Gasteiger partial charge on any atom is 0.165 e. The van der Waals surface area contributed by atoms with Crippen LogP contribution >= 0.6 is 11.6 Å². The predicted molar refractivity (Wildman–Crippen MR) is 76.6 cm³/mol. The van der Waals surface area contributed by atoms with Gasteiger partial charge in [0.2, 0.25) is 0 Å². The Kier molecular flexibility index (Phi) is 4.11. The second-order valence-corrected chi connectivity index (χ2v) is 5.05. The van der Waals surface area contributed by atoms with Crippen molar-refractivity contribution in [3.63, 3.8) is 0 Å². The fourth-order valence-corrected chi connectivity index (χ4v) is 2.42. The molecule has 0 aliphatic heterocycles. The summed E-state index contributed by atoms with van der Waals surface area (Å²) in [6.45, 7) is 4.04. The molecule has 100 valence electrons. The topological polar surface area (TPSA) is 9.23 Å². The molecule has 1 atom stereocenters. The van der Waals surface area contributed by atoms with Gasteiger partial charge in [-0.2, -0.15) is 0 Å². The summed E-state index contributed by atoms with van der Waals surface area (Å²) in [4.78, 5) is 0. The monoisotopic (exact) mass is 278 g/mol. The van der Waals surface area contributed by atoms with E-state index in [-0.39, 0.29) is 16.9 Å². The van der Waals surface area contributed by atoms with Crippen molar-refractivity contribution in [1.29, 1.82) is 0 Å². The van der Waals surface area contributed by atoms with Crippen LogP contribution in [0.2, 0.25) is 0 Å². The van der Waals surface area contributed by atoms with E-state index in [1.54, 1.807) is 12.1 Å². The minimum atomic E-state index is -0.379. The first-order chi connectivity index (χ1) is 9.02. The summed E-state index contributed by atoms with van der Waals surface area (Å²) in [5.41, 5.74) is 4.14. The second-order valence-electron chi connectivity index (χ2n) is 4.62. The van der Waals surface area contributed by atoms with Crippen LogP contribution in [0.1, 0.15) is 27.6 Å². The van der Waals surface area contributed by atoms with Gasteiger partial charge < -0.3 is 4.74 Å². The maximum atomic E-state index is 13.4. The maximum absolute atomic E-state index is 13.4. The molecule has 2 aromatic carbocycles. The van der Waals surface area contributed by atoms with Gasteiger partial charge in [-0.1, -0.05) is 29.8 Å². The molecule has 0 N–H and O–H groups in total. The molecule has 0 radical (unpaired) electrons. The molecule has 19 heavy (non-hydrogen) atoms. The molecule has 1 unspecified atom stereocenters. The standard InChI is InChI=1S/C16H16ClFO/c1-10-4-5-11(2)13(8-10)16(17)12-6-7-14(18)15(9-12)19-3/h4-9,16H,1-3H3. The van der Waals surface area contributed by atoms with Gasteiger partial charge in [-0.05, 0) is 42.7 Å². The van der Waals surface area contributed by atoms with Gasteiger partial charge in [0, 0.05) is 0 Å². The zero-order chi connectivity index (χ0) is 14.0. The average molecular weight is 279 g/mol. The normalized spacial score (nSPS) is 12.3. The molecule has 0 aliphatic carbocycles. The van der Waals surface area contributed by atoms with E-state index in [4.69, 9.17) is 16.3 Å². The van der Waals surface area contributed by atoms with Gasteiger partial charge >= 0.3 is 0 Å². The van der Waals surface area contributed by atoms with Crippen LogP contribution in [0.5, 0.6) is 5.75 Å². The third kappa shape index (κ3) is 2.90. The largest absolute Gasteiger partial charge is 0.494 e. The number of hydrogen-bond donors (Lipinski definition) is 0. The number of aryl methyl sites for hydroxylation is 2. The van der Waals surface area contributed by atoms with E-state index in [9.17, 15) is 4.39 Å². The van der Waals surface area contributed by atoms with Gasteiger partial charge in [0.1, 0.15) is 0 Å². The number of methoxy groups -OCH3 is 1. The van der Waals surface area contributed by atoms with Crippen LogP contribution in [0.25, 0.3) is 0 Å². The van der Waals surface area contributed by atoms with Gasteiger partial charge in [0.25, 0.3) is 0 Å². The highest BCUT2D eigenvalue weighted by molar-refractivity contribution is 6.22. The highest BCUT2D eigenvalue weighted by Gasteiger charge is 2.15. The SMILES string of the molecule is COc1cc(C(Cl)c2cc(C)ccc2C)ccc1F. The molecule has 0 aromatic heterocycles. The van der Waals surface area contributed by atoms with Gasteiger partial charge in [-0.3, -0.25) is 0 Å². The van der Waals surface area contributed by atoms with Gasteiger partial charge in [0.15, 0.2) is 11.6 Å². The molecule has 0 saturated heterocycles. The predicted octanol–water partition coefficient (Wildman–Crippen LogP) is 4.78. The number of alkyl halides is 1. The number of halogens is 2. The average Bonchev–Trinajstić information content (AvgIpc) is 2.41. The van der Waals surface area contributed by atoms with Crippen molar-refractivity contribution >= 4 is 11.6 Å². The smallest absolute Gasteiger partial charge is 0.165 e. The molecule has 0 spiro atoms. The summed E-state index contributed by atoms with van der Waals surface area (Å²) in [6, 6.07) is 10.9. The Morgan fingerprint density at radius 3 is 2.53 bits per heavy atom. The summed E-state index contributed by atoms with van der Waals surface area (Å²) < 4.78 is 18.4. The Morgan fingerprint density at radius 1 is 1.11 bits per heavy atom. The zero-order valence-corrected chi connectivity index (χ0v) is 12.0. The Labute approximate surface area is 118 Å². The van der Waals surface area contributed by atoms with Gasteiger partial charge in [-0.25, -0.2) is 4.39 Å². The lowest BCUT2D eigenvalue weighted by Crippen LogP contribution is -1.99. The molecule has 2 rings (SSSR count). The van der Waals surface area contributed by atoms with E-state index in [0.717, 1.165) is 22.3 Å². The Bertz CT molecular complexity index is 595. The molecule has 0 saturated carbocycles. The van der Waals surface area contributed by atoms with E-state index in [1.807, 2.05) is 26.0 Å². The van der Waals surface area contributed by atoms with Crippen LogP contribution in [0.4, 0.5) is 4.39 Å². The quantitative estimate of drug-likeness (QED) is 0.734. The second kappa shape index (κ2) is 5.62. The van der Waals surface area contributed by atoms with Crippen LogP contribution in [0.15, 0.2) is 36.4 Å². The lowest BCUT2D eigenvalue weighted by atomic mass is 9.98. The highest BCUT2D eigenvalue weighted by Crippen LogP contribution is 2.33. The van der Waals surface area contributed by atoms with Crippen molar-refractivity contribution in [3.8, 4) is 5.75 Å². The molecule has 3 heteroatoms. The Morgan fingerprint density at radius 2 is 1.84 bits per heavy atom. The minimum Gasteiger partial charge on any atom is -0.494 e. The van der Waals surface area contributed by atoms with Crippen LogP contribution < -0.4 is 4.74 Å². The summed E-state index contributed by atoms with van der Waals surface area (Å²) in [7, 11) is 1.45. The number of benzene rings is 2. The molecular weight excluding hydrogens is 263 g/mol. The lowest BCUT2D eigenvalue weighted by molar-refractivity contribution is 0.386. The van der Waals surface area contributed by atoms with Crippen molar-refractivity contribution < 1.29 is 9.13 Å². The van der Waals surface area contributed by atoms with Crippen molar-refractivity contribution in [3.05, 3.63) is 64.5 Å². The van der Waals surface area contributed by atoms with E-state index in [0.29, 0.717) is 0 Å². The van der Waals surface area contributed by atoms with Crippen LogP contribution in [-0.4, -0.2) is 7.11 Å². The van der Waals surface area contributed by atoms with E-state index >= 15 is 0 Å². The molecular formula is C16H16ClFO. The Hall–Kier alpha value is -1.54. The number of hydrogen-bond acceptors (Lipinski definition) is 1. The molecule has 0 amide bonds. The van der Waals surface area contributed by atoms with E-state index < -0.39 is 0 Å². The molecule has 0 aliphatic rings. The van der Waals surface area contributed by atoms with Crippen molar-refractivity contribution in [2.45, 2.75) is 19.2 Å². The van der Waals surface area contributed by atoms with Crippen molar-refractivity contribution in [2.24, 2.45) is 0 Å². The first kappa shape index (κ1) is 13.9. The highest BCUT2D eigenvalue weighted by atomic mass is 35.5. The van der Waals surface area contributed by atoms with Crippen molar-refractivity contribution in [1.82, 2.24) is 0 Å². The zero-order valence-electron chi connectivity index (χ0n) is 11.2.